The fourth-order valence-corrected chi connectivity index (χ4v) is 1.68. The van der Waals surface area contributed by atoms with Gasteiger partial charge in [-0.05, 0) is 31.5 Å². The van der Waals surface area contributed by atoms with Crippen molar-refractivity contribution < 1.29 is 5.11 Å². The zero-order chi connectivity index (χ0) is 12.8. The molecule has 4 heteroatoms. The summed E-state index contributed by atoms with van der Waals surface area (Å²) in [5.74, 6) is 0.736. The van der Waals surface area contributed by atoms with E-state index in [9.17, 15) is 0 Å². The van der Waals surface area contributed by atoms with E-state index in [0.29, 0.717) is 13.0 Å². The van der Waals surface area contributed by atoms with Crippen molar-refractivity contribution in [2.24, 2.45) is 0 Å². The number of aliphatic hydroxyl groups is 1. The Morgan fingerprint density at radius 2 is 2.06 bits per heavy atom. The Morgan fingerprint density at radius 3 is 2.72 bits per heavy atom. The summed E-state index contributed by atoms with van der Waals surface area (Å²) in [4.78, 5) is 0. The summed E-state index contributed by atoms with van der Waals surface area (Å²) in [7, 11) is 0. The summed E-state index contributed by atoms with van der Waals surface area (Å²) in [6, 6.07) is 12.0. The molecule has 4 nitrogen and oxygen atoms in total. The summed E-state index contributed by atoms with van der Waals surface area (Å²) < 4.78 is 0. The lowest BCUT2D eigenvalue weighted by molar-refractivity contribution is 0.292. The molecule has 94 valence electrons. The van der Waals surface area contributed by atoms with Gasteiger partial charge in [0.2, 0.25) is 0 Å². The van der Waals surface area contributed by atoms with Crippen LogP contribution in [0.25, 0.3) is 11.3 Å². The van der Waals surface area contributed by atoms with Crippen LogP contribution in [0.4, 0.5) is 5.82 Å². The van der Waals surface area contributed by atoms with Crippen LogP contribution < -0.4 is 5.32 Å². The molecule has 1 heterocycles. The highest BCUT2D eigenvalue weighted by Crippen LogP contribution is 2.18. The van der Waals surface area contributed by atoms with E-state index >= 15 is 0 Å². The van der Waals surface area contributed by atoms with Crippen LogP contribution in [0.2, 0.25) is 0 Å². The third-order valence-corrected chi connectivity index (χ3v) is 2.62. The SMILES string of the molecule is Cc1cccc(-c2ccc(NCCCO)nn2)c1. The van der Waals surface area contributed by atoms with Crippen molar-refractivity contribution in [1.29, 1.82) is 0 Å². The molecule has 0 aliphatic heterocycles. The Hall–Kier alpha value is -1.94. The molecule has 0 bridgehead atoms. The second kappa shape index (κ2) is 6.12. The number of aryl methyl sites for hydroxylation is 1. The molecule has 0 aliphatic carbocycles. The molecule has 0 fully saturated rings. The minimum absolute atomic E-state index is 0.182. The first-order chi connectivity index (χ1) is 8.79. The fraction of sp³-hybridized carbons (Fsp3) is 0.286. The maximum atomic E-state index is 8.69. The second-order valence-electron chi connectivity index (χ2n) is 4.18. The van der Waals surface area contributed by atoms with E-state index in [4.69, 9.17) is 5.11 Å². The molecule has 0 aliphatic rings. The Kier molecular flexibility index (Phi) is 4.25. The monoisotopic (exact) mass is 243 g/mol. The van der Waals surface area contributed by atoms with Gasteiger partial charge in [0, 0.05) is 18.7 Å². The number of nitrogens with one attached hydrogen (secondary N) is 1. The Morgan fingerprint density at radius 1 is 1.17 bits per heavy atom. The van der Waals surface area contributed by atoms with Crippen LogP contribution in [0.3, 0.4) is 0 Å². The zero-order valence-electron chi connectivity index (χ0n) is 10.4. The molecule has 2 aromatic rings. The van der Waals surface area contributed by atoms with Gasteiger partial charge in [-0.25, -0.2) is 0 Å². The van der Waals surface area contributed by atoms with E-state index in [1.807, 2.05) is 24.3 Å². The quantitative estimate of drug-likeness (QED) is 0.791. The predicted molar refractivity (Wildman–Crippen MR) is 72.4 cm³/mol. The number of hydrogen-bond donors (Lipinski definition) is 2. The minimum Gasteiger partial charge on any atom is -0.396 e. The largest absolute Gasteiger partial charge is 0.396 e. The second-order valence-corrected chi connectivity index (χ2v) is 4.18. The lowest BCUT2D eigenvalue weighted by Gasteiger charge is -2.05. The van der Waals surface area contributed by atoms with Gasteiger partial charge in [0.15, 0.2) is 0 Å². The number of anilines is 1. The summed E-state index contributed by atoms with van der Waals surface area (Å²) >= 11 is 0. The average Bonchev–Trinajstić information content (AvgIpc) is 2.40. The zero-order valence-corrected chi connectivity index (χ0v) is 10.4. The molecule has 1 aromatic heterocycles. The first-order valence-corrected chi connectivity index (χ1v) is 6.05. The minimum atomic E-state index is 0.182. The van der Waals surface area contributed by atoms with Gasteiger partial charge in [0.25, 0.3) is 0 Å². The summed E-state index contributed by atoms with van der Waals surface area (Å²) in [6.45, 7) is 2.94. The van der Waals surface area contributed by atoms with Gasteiger partial charge < -0.3 is 10.4 Å². The van der Waals surface area contributed by atoms with Crippen LogP contribution in [0.1, 0.15) is 12.0 Å². The van der Waals surface area contributed by atoms with Crippen molar-refractivity contribution in [3.63, 3.8) is 0 Å². The van der Waals surface area contributed by atoms with Crippen molar-refractivity contribution in [3.8, 4) is 11.3 Å². The fourth-order valence-electron chi connectivity index (χ4n) is 1.68. The molecule has 0 radical (unpaired) electrons. The van der Waals surface area contributed by atoms with Gasteiger partial charge in [0.05, 0.1) is 5.69 Å². The molecule has 0 spiro atoms. The van der Waals surface area contributed by atoms with Crippen LogP contribution in [-0.4, -0.2) is 28.5 Å². The molecule has 1 aromatic carbocycles. The molecule has 0 amide bonds. The molecule has 2 rings (SSSR count). The first kappa shape index (κ1) is 12.5. The normalized spacial score (nSPS) is 10.3. The highest BCUT2D eigenvalue weighted by molar-refractivity contribution is 5.60. The summed E-state index contributed by atoms with van der Waals surface area (Å²) in [5.41, 5.74) is 3.15. The van der Waals surface area contributed by atoms with E-state index < -0.39 is 0 Å². The number of aromatic nitrogens is 2. The van der Waals surface area contributed by atoms with Crippen LogP contribution in [0.5, 0.6) is 0 Å². The number of benzene rings is 1. The predicted octanol–water partition coefficient (Wildman–Crippen LogP) is 2.25. The van der Waals surface area contributed by atoms with Crippen molar-refractivity contribution in [2.45, 2.75) is 13.3 Å². The molecule has 0 saturated heterocycles. The van der Waals surface area contributed by atoms with Gasteiger partial charge in [-0.3, -0.25) is 0 Å². The molecule has 0 unspecified atom stereocenters. The number of aliphatic hydroxyl groups excluding tert-OH is 1. The number of rotatable bonds is 5. The smallest absolute Gasteiger partial charge is 0.148 e. The highest BCUT2D eigenvalue weighted by atomic mass is 16.3. The van der Waals surface area contributed by atoms with Crippen molar-refractivity contribution in [3.05, 3.63) is 42.0 Å². The molecular weight excluding hydrogens is 226 g/mol. The van der Waals surface area contributed by atoms with Crippen molar-refractivity contribution in [1.82, 2.24) is 10.2 Å². The summed E-state index contributed by atoms with van der Waals surface area (Å²) in [6.07, 6.45) is 0.710. The van der Waals surface area contributed by atoms with Crippen LogP contribution in [0, 0.1) is 6.92 Å². The third-order valence-electron chi connectivity index (χ3n) is 2.62. The highest BCUT2D eigenvalue weighted by Gasteiger charge is 2.00. The molecule has 18 heavy (non-hydrogen) atoms. The Balaban J connectivity index is 2.07. The van der Waals surface area contributed by atoms with Crippen LogP contribution >= 0.6 is 0 Å². The number of nitrogens with zero attached hydrogens (tertiary/aromatic N) is 2. The van der Waals surface area contributed by atoms with E-state index in [-0.39, 0.29) is 6.61 Å². The van der Waals surface area contributed by atoms with Crippen molar-refractivity contribution >= 4 is 5.82 Å². The van der Waals surface area contributed by atoms with Gasteiger partial charge in [-0.15, -0.1) is 10.2 Å². The third kappa shape index (κ3) is 3.28. The Bertz CT molecular complexity index is 497. The topological polar surface area (TPSA) is 58.0 Å². The van der Waals surface area contributed by atoms with E-state index in [1.165, 1.54) is 5.56 Å². The van der Waals surface area contributed by atoms with E-state index in [0.717, 1.165) is 17.1 Å². The van der Waals surface area contributed by atoms with Crippen LogP contribution in [-0.2, 0) is 0 Å². The van der Waals surface area contributed by atoms with Gasteiger partial charge in [-0.1, -0.05) is 23.8 Å². The van der Waals surface area contributed by atoms with E-state index in [2.05, 4.69) is 34.6 Å². The van der Waals surface area contributed by atoms with Gasteiger partial charge >= 0.3 is 0 Å². The van der Waals surface area contributed by atoms with Gasteiger partial charge in [-0.2, -0.15) is 0 Å². The molecule has 0 saturated carbocycles. The maximum Gasteiger partial charge on any atom is 0.148 e. The van der Waals surface area contributed by atoms with E-state index in [1.54, 1.807) is 0 Å². The summed E-state index contributed by atoms with van der Waals surface area (Å²) in [5, 5.41) is 20.1. The molecule has 2 N–H and O–H groups in total. The van der Waals surface area contributed by atoms with Crippen molar-refractivity contribution in [2.75, 3.05) is 18.5 Å². The van der Waals surface area contributed by atoms with Gasteiger partial charge in [0.1, 0.15) is 5.82 Å². The molecule has 0 atom stereocenters. The Labute approximate surface area is 107 Å². The number of hydrogen-bond acceptors (Lipinski definition) is 4. The first-order valence-electron chi connectivity index (χ1n) is 6.05. The lowest BCUT2D eigenvalue weighted by Crippen LogP contribution is -2.05. The standard InChI is InChI=1S/C14H17N3O/c1-11-4-2-5-12(10-11)13-6-7-14(17-16-13)15-8-3-9-18/h2,4-7,10,18H,3,8-9H2,1H3,(H,15,17). The van der Waals surface area contributed by atoms with Crippen LogP contribution in [0.15, 0.2) is 36.4 Å². The molecular formula is C14H17N3O. The maximum absolute atomic E-state index is 8.69. The lowest BCUT2D eigenvalue weighted by atomic mass is 10.1. The average molecular weight is 243 g/mol.